The molecule has 7 heteroatoms. The Balaban J connectivity index is 1.77. The second kappa shape index (κ2) is 9.07. The first-order valence-corrected chi connectivity index (χ1v) is 9.37. The second-order valence-corrected chi connectivity index (χ2v) is 7.67. The molecule has 0 aromatic carbocycles. The number of furan rings is 1. The predicted octanol–water partition coefficient (Wildman–Crippen LogP) is 2.47. The molecule has 1 aromatic rings. The van der Waals surface area contributed by atoms with Gasteiger partial charge in [-0.05, 0) is 58.6 Å². The van der Waals surface area contributed by atoms with Crippen molar-refractivity contribution in [2.45, 2.75) is 58.1 Å². The molecule has 3 amide bonds. The van der Waals surface area contributed by atoms with E-state index in [1.807, 2.05) is 6.92 Å². The molecule has 1 aromatic heterocycles. The lowest BCUT2D eigenvalue weighted by molar-refractivity contribution is 0.0674. The van der Waals surface area contributed by atoms with Crippen molar-refractivity contribution in [1.29, 1.82) is 0 Å². The molecule has 146 valence electrons. The molecule has 26 heavy (non-hydrogen) atoms. The summed E-state index contributed by atoms with van der Waals surface area (Å²) < 4.78 is 5.18. The van der Waals surface area contributed by atoms with Crippen molar-refractivity contribution in [3.8, 4) is 0 Å². The van der Waals surface area contributed by atoms with E-state index >= 15 is 0 Å². The zero-order valence-electron chi connectivity index (χ0n) is 16.0. The average molecular weight is 365 g/mol. The SMILES string of the molecule is C[C@@H](CCCC(C)(C)O)NC(=O)N1CCCN(C(=O)c2ccco2)CC1. The van der Waals surface area contributed by atoms with Gasteiger partial charge in [0.15, 0.2) is 5.76 Å². The Kier molecular flexibility index (Phi) is 7.08. The van der Waals surface area contributed by atoms with Gasteiger partial charge in [-0.2, -0.15) is 0 Å². The molecule has 1 aliphatic rings. The highest BCUT2D eigenvalue weighted by molar-refractivity contribution is 5.91. The van der Waals surface area contributed by atoms with E-state index in [9.17, 15) is 14.7 Å². The number of carbonyl (C=O) groups is 2. The van der Waals surface area contributed by atoms with Gasteiger partial charge in [-0.15, -0.1) is 0 Å². The predicted molar refractivity (Wildman–Crippen MR) is 98.9 cm³/mol. The Labute approximate surface area is 155 Å². The van der Waals surface area contributed by atoms with Crippen LogP contribution in [0.25, 0.3) is 0 Å². The lowest BCUT2D eigenvalue weighted by Crippen LogP contribution is -2.45. The van der Waals surface area contributed by atoms with Gasteiger partial charge in [-0.3, -0.25) is 4.79 Å². The third-order valence-electron chi connectivity index (χ3n) is 4.60. The normalized spacial score (nSPS) is 16.9. The molecule has 1 atom stereocenters. The summed E-state index contributed by atoms with van der Waals surface area (Å²) in [5, 5.41) is 12.8. The van der Waals surface area contributed by atoms with Crippen LogP contribution in [-0.2, 0) is 0 Å². The average Bonchev–Trinajstić information content (AvgIpc) is 2.97. The topological polar surface area (TPSA) is 86.0 Å². The van der Waals surface area contributed by atoms with Crippen molar-refractivity contribution in [1.82, 2.24) is 15.1 Å². The van der Waals surface area contributed by atoms with Gasteiger partial charge in [-0.1, -0.05) is 0 Å². The van der Waals surface area contributed by atoms with E-state index in [1.165, 1.54) is 6.26 Å². The summed E-state index contributed by atoms with van der Waals surface area (Å²) in [6.07, 6.45) is 4.63. The molecule has 0 aliphatic carbocycles. The third-order valence-corrected chi connectivity index (χ3v) is 4.60. The van der Waals surface area contributed by atoms with Crippen LogP contribution in [0.3, 0.4) is 0 Å². The second-order valence-electron chi connectivity index (χ2n) is 7.67. The summed E-state index contributed by atoms with van der Waals surface area (Å²) in [5.74, 6) is 0.209. The van der Waals surface area contributed by atoms with Crippen LogP contribution in [-0.4, -0.2) is 64.7 Å². The van der Waals surface area contributed by atoms with Crippen LogP contribution in [0.5, 0.6) is 0 Å². The Bertz CT molecular complexity index is 580. The highest BCUT2D eigenvalue weighted by Gasteiger charge is 2.24. The molecule has 2 N–H and O–H groups in total. The van der Waals surface area contributed by atoms with Gasteiger partial charge in [0.05, 0.1) is 11.9 Å². The minimum atomic E-state index is -0.668. The fraction of sp³-hybridized carbons (Fsp3) is 0.684. The van der Waals surface area contributed by atoms with E-state index < -0.39 is 5.60 Å². The largest absolute Gasteiger partial charge is 0.459 e. The van der Waals surface area contributed by atoms with Gasteiger partial charge in [-0.25, -0.2) is 4.79 Å². The van der Waals surface area contributed by atoms with E-state index in [4.69, 9.17) is 4.42 Å². The highest BCUT2D eigenvalue weighted by atomic mass is 16.3. The molecule has 0 unspecified atom stereocenters. The van der Waals surface area contributed by atoms with Crippen LogP contribution in [0.4, 0.5) is 4.79 Å². The standard InChI is InChI=1S/C19H31N3O4/c1-15(7-4-9-19(2,3)25)20-18(24)22-11-6-10-21(12-13-22)17(23)16-8-5-14-26-16/h5,8,14-15,25H,4,6-7,9-13H2,1-3H3,(H,20,24)/t15-/m0/s1. The van der Waals surface area contributed by atoms with Crippen LogP contribution in [0.1, 0.15) is 57.0 Å². The molecule has 7 nitrogen and oxygen atoms in total. The Hall–Kier alpha value is -2.02. The van der Waals surface area contributed by atoms with Gasteiger partial charge in [0.2, 0.25) is 0 Å². The molecule has 1 fully saturated rings. The smallest absolute Gasteiger partial charge is 0.317 e. The number of hydrogen-bond acceptors (Lipinski definition) is 4. The first kappa shape index (κ1) is 20.3. The number of aliphatic hydroxyl groups is 1. The minimum Gasteiger partial charge on any atom is -0.459 e. The van der Waals surface area contributed by atoms with Crippen molar-refractivity contribution in [2.75, 3.05) is 26.2 Å². The number of carbonyl (C=O) groups excluding carboxylic acids is 2. The molecule has 0 spiro atoms. The Morgan fingerprint density at radius 3 is 2.62 bits per heavy atom. The van der Waals surface area contributed by atoms with Crippen LogP contribution in [0.15, 0.2) is 22.8 Å². The first-order valence-electron chi connectivity index (χ1n) is 9.37. The van der Waals surface area contributed by atoms with Crippen molar-refractivity contribution in [2.24, 2.45) is 0 Å². The van der Waals surface area contributed by atoms with Crippen LogP contribution in [0, 0.1) is 0 Å². The van der Waals surface area contributed by atoms with Crippen LogP contribution >= 0.6 is 0 Å². The maximum Gasteiger partial charge on any atom is 0.317 e. The number of nitrogens with zero attached hydrogens (tertiary/aromatic N) is 2. The third kappa shape index (κ3) is 6.37. The maximum absolute atomic E-state index is 12.5. The van der Waals surface area contributed by atoms with Crippen molar-refractivity contribution in [3.63, 3.8) is 0 Å². The Morgan fingerprint density at radius 1 is 1.27 bits per heavy atom. The lowest BCUT2D eigenvalue weighted by Gasteiger charge is -2.25. The summed E-state index contributed by atoms with van der Waals surface area (Å²) in [7, 11) is 0. The zero-order valence-corrected chi connectivity index (χ0v) is 16.0. The number of hydrogen-bond donors (Lipinski definition) is 2. The van der Waals surface area contributed by atoms with Crippen molar-refractivity contribution in [3.05, 3.63) is 24.2 Å². The maximum atomic E-state index is 12.5. The van der Waals surface area contributed by atoms with Gasteiger partial charge in [0.1, 0.15) is 0 Å². The van der Waals surface area contributed by atoms with Gasteiger partial charge in [0.25, 0.3) is 5.91 Å². The van der Waals surface area contributed by atoms with Gasteiger partial charge in [0, 0.05) is 32.2 Å². The zero-order chi connectivity index (χ0) is 19.2. The van der Waals surface area contributed by atoms with E-state index in [0.29, 0.717) is 38.4 Å². The molecular weight excluding hydrogens is 334 g/mol. The number of nitrogens with one attached hydrogen (secondary N) is 1. The van der Waals surface area contributed by atoms with Gasteiger partial charge >= 0.3 is 6.03 Å². The molecule has 2 rings (SSSR count). The molecule has 2 heterocycles. The summed E-state index contributed by atoms with van der Waals surface area (Å²) >= 11 is 0. The van der Waals surface area contributed by atoms with Crippen molar-refractivity contribution < 1.29 is 19.1 Å². The van der Waals surface area contributed by atoms with E-state index in [-0.39, 0.29) is 18.0 Å². The number of urea groups is 1. The molecule has 1 aliphatic heterocycles. The Morgan fingerprint density at radius 2 is 1.96 bits per heavy atom. The fourth-order valence-electron chi connectivity index (χ4n) is 3.09. The summed E-state index contributed by atoms with van der Waals surface area (Å²) in [6, 6.07) is 3.32. The highest BCUT2D eigenvalue weighted by Crippen LogP contribution is 2.14. The molecule has 1 saturated heterocycles. The summed E-state index contributed by atoms with van der Waals surface area (Å²) in [4.78, 5) is 28.3. The number of rotatable bonds is 6. The summed E-state index contributed by atoms with van der Waals surface area (Å²) in [6.45, 7) is 7.82. The van der Waals surface area contributed by atoms with Crippen molar-refractivity contribution >= 4 is 11.9 Å². The first-order chi connectivity index (χ1) is 12.3. The monoisotopic (exact) mass is 365 g/mol. The summed E-state index contributed by atoms with van der Waals surface area (Å²) in [5.41, 5.74) is -0.668. The molecule has 0 saturated carbocycles. The lowest BCUT2D eigenvalue weighted by atomic mass is 10.00. The molecule has 0 radical (unpaired) electrons. The van der Waals surface area contributed by atoms with E-state index in [2.05, 4.69) is 5.32 Å². The van der Waals surface area contributed by atoms with Crippen LogP contribution in [0.2, 0.25) is 0 Å². The van der Waals surface area contributed by atoms with Crippen LogP contribution < -0.4 is 5.32 Å². The number of amides is 3. The van der Waals surface area contributed by atoms with E-state index in [0.717, 1.165) is 19.3 Å². The van der Waals surface area contributed by atoms with Gasteiger partial charge < -0.3 is 24.6 Å². The molecule has 0 bridgehead atoms. The molecular formula is C19H31N3O4. The fourth-order valence-corrected chi connectivity index (χ4v) is 3.09. The minimum absolute atomic E-state index is 0.0500. The quantitative estimate of drug-likeness (QED) is 0.811. The van der Waals surface area contributed by atoms with E-state index in [1.54, 1.807) is 35.8 Å².